The van der Waals surface area contributed by atoms with Crippen LogP contribution >= 0.6 is 7.60 Å². The van der Waals surface area contributed by atoms with E-state index >= 15 is 0 Å². The van der Waals surface area contributed by atoms with E-state index < -0.39 is 7.60 Å². The zero-order valence-electron chi connectivity index (χ0n) is 25.9. The molecule has 0 amide bonds. The van der Waals surface area contributed by atoms with Gasteiger partial charge in [0.15, 0.2) is 0 Å². The van der Waals surface area contributed by atoms with E-state index in [0.717, 1.165) is 76.6 Å². The van der Waals surface area contributed by atoms with Crippen molar-refractivity contribution in [3.8, 4) is 0 Å². The van der Waals surface area contributed by atoms with Gasteiger partial charge in [0.05, 0.1) is 58.9 Å². The Morgan fingerprint density at radius 2 is 1.47 bits per heavy atom. The van der Waals surface area contributed by atoms with E-state index in [9.17, 15) is 14.4 Å². The van der Waals surface area contributed by atoms with Crippen LogP contribution in [0, 0.1) is 5.92 Å². The molecule has 0 radical (unpaired) electrons. The first-order chi connectivity index (χ1) is 21.8. The molecule has 2 N–H and O–H groups in total. The lowest BCUT2D eigenvalue weighted by atomic mass is 10.0. The number of aromatic nitrogens is 6. The number of hydrogen-bond acceptors (Lipinski definition) is 5. The summed E-state index contributed by atoms with van der Waals surface area (Å²) < 4.78 is 19.1. The number of para-hydroxylation sites is 5. The smallest absolute Gasteiger partial charge is 0.325 e. The molecule has 11 heteroatoms. The summed E-state index contributed by atoms with van der Waals surface area (Å²) in [5, 5.41) is 0. The highest BCUT2D eigenvalue weighted by Crippen LogP contribution is 2.39. The minimum Gasteiger partial charge on any atom is -0.328 e. The third-order valence-electron chi connectivity index (χ3n) is 9.15. The summed E-state index contributed by atoms with van der Waals surface area (Å²) in [6, 6.07) is 22.8. The van der Waals surface area contributed by atoms with Gasteiger partial charge in [-0.05, 0) is 75.0 Å². The normalized spacial score (nSPS) is 14.9. The third-order valence-corrected chi connectivity index (χ3v) is 10.1. The number of fused-ring (bicyclic) bond motifs is 5. The monoisotopic (exact) mass is 625 g/mol. The predicted molar refractivity (Wildman–Crippen MR) is 177 cm³/mol. The van der Waals surface area contributed by atoms with E-state index in [0.29, 0.717) is 32.5 Å². The van der Waals surface area contributed by atoms with Crippen LogP contribution in [0.25, 0.3) is 33.1 Å². The van der Waals surface area contributed by atoms with Crippen molar-refractivity contribution < 1.29 is 14.4 Å². The van der Waals surface area contributed by atoms with Crippen LogP contribution in [0.1, 0.15) is 49.7 Å². The molecule has 6 aromatic rings. The van der Waals surface area contributed by atoms with E-state index in [1.54, 1.807) is 0 Å². The minimum atomic E-state index is -4.21. The second kappa shape index (κ2) is 12.2. The molecule has 1 unspecified atom stereocenters. The highest BCUT2D eigenvalue weighted by molar-refractivity contribution is 7.51. The summed E-state index contributed by atoms with van der Waals surface area (Å²) in [6.45, 7) is 8.62. The molecular weight excluding hydrogens is 585 g/mol. The molecule has 0 saturated heterocycles. The van der Waals surface area contributed by atoms with Gasteiger partial charge in [0.2, 0.25) is 0 Å². The Morgan fingerprint density at radius 3 is 2.22 bits per heavy atom. The lowest BCUT2D eigenvalue weighted by Crippen LogP contribution is -2.28. The first-order valence-corrected chi connectivity index (χ1v) is 17.7. The lowest BCUT2D eigenvalue weighted by Gasteiger charge is -2.24. The van der Waals surface area contributed by atoms with E-state index in [1.165, 1.54) is 5.56 Å². The molecule has 0 aliphatic carbocycles. The Balaban J connectivity index is 1.18. The third kappa shape index (κ3) is 5.95. The van der Waals surface area contributed by atoms with E-state index in [1.807, 2.05) is 24.3 Å². The quantitative estimate of drug-likeness (QED) is 0.181. The molecule has 1 aliphatic rings. The van der Waals surface area contributed by atoms with Crippen molar-refractivity contribution in [1.82, 2.24) is 33.6 Å². The fourth-order valence-corrected chi connectivity index (χ4v) is 8.14. The van der Waals surface area contributed by atoms with E-state index in [-0.39, 0.29) is 12.1 Å². The summed E-state index contributed by atoms with van der Waals surface area (Å²) in [4.78, 5) is 37.5. The molecule has 0 fully saturated rings. The van der Waals surface area contributed by atoms with Gasteiger partial charge in [0, 0.05) is 19.5 Å². The minimum absolute atomic E-state index is 0.149. The standard InChI is InChI=1S/C34H40N7O3P/c1-3-39-28-15-7-5-13-26(28)35-31(39)19-24(23-45(42,43)44)11-10-18-38-21-32-36-27-14-6-8-16-29(27)41(32)20-25-12-9-17-30-34(25)37-33(22-38)40(30)4-2/h5-9,12-17,24H,3-4,10-11,18-23H2,1-2H3,(H2,42,43,44). The van der Waals surface area contributed by atoms with Gasteiger partial charge in [-0.2, -0.15) is 0 Å². The van der Waals surface area contributed by atoms with Gasteiger partial charge in [-0.1, -0.05) is 36.4 Å². The van der Waals surface area contributed by atoms with Crippen LogP contribution in [0.5, 0.6) is 0 Å². The number of nitrogens with zero attached hydrogens (tertiary/aromatic N) is 7. The van der Waals surface area contributed by atoms with Crippen molar-refractivity contribution in [2.45, 2.75) is 65.8 Å². The molecule has 0 spiro atoms. The fraction of sp³-hybridized carbons (Fsp3) is 0.382. The summed E-state index contributed by atoms with van der Waals surface area (Å²) >= 11 is 0. The summed E-state index contributed by atoms with van der Waals surface area (Å²) in [7, 11) is -4.21. The average molecular weight is 626 g/mol. The van der Waals surface area contributed by atoms with Gasteiger partial charge in [0.25, 0.3) is 0 Å². The highest BCUT2D eigenvalue weighted by atomic mass is 31.2. The Labute approximate surface area is 262 Å². The van der Waals surface area contributed by atoms with Crippen LogP contribution in [-0.4, -0.2) is 56.0 Å². The van der Waals surface area contributed by atoms with Gasteiger partial charge in [-0.15, -0.1) is 0 Å². The van der Waals surface area contributed by atoms with Crippen molar-refractivity contribution in [2.75, 3.05) is 12.7 Å². The average Bonchev–Trinajstić information content (AvgIpc) is 3.66. The zero-order chi connectivity index (χ0) is 31.1. The Morgan fingerprint density at radius 1 is 0.778 bits per heavy atom. The molecule has 0 saturated carbocycles. The van der Waals surface area contributed by atoms with Crippen LogP contribution in [0.4, 0.5) is 0 Å². The Hall–Kier alpha value is -3.82. The van der Waals surface area contributed by atoms with Crippen molar-refractivity contribution in [3.63, 3.8) is 0 Å². The van der Waals surface area contributed by atoms with Crippen molar-refractivity contribution in [3.05, 3.63) is 89.8 Å². The fourth-order valence-electron chi connectivity index (χ4n) is 7.15. The van der Waals surface area contributed by atoms with E-state index in [4.69, 9.17) is 15.0 Å². The van der Waals surface area contributed by atoms with Crippen LogP contribution in [0.15, 0.2) is 66.7 Å². The largest absolute Gasteiger partial charge is 0.328 e. The summed E-state index contributed by atoms with van der Waals surface area (Å²) in [5.74, 6) is 2.74. The summed E-state index contributed by atoms with van der Waals surface area (Å²) in [5.41, 5.74) is 7.46. The second-order valence-corrected chi connectivity index (χ2v) is 13.9. The molecule has 3 aromatic heterocycles. The molecule has 4 heterocycles. The number of aryl methyl sites for hydroxylation is 2. The molecule has 3 aromatic carbocycles. The number of benzene rings is 3. The number of imidazole rings is 3. The molecular formula is C34H40N7O3P. The van der Waals surface area contributed by atoms with Crippen LogP contribution in [0.3, 0.4) is 0 Å². The van der Waals surface area contributed by atoms with E-state index in [2.05, 4.69) is 74.9 Å². The molecule has 1 atom stereocenters. The summed E-state index contributed by atoms with van der Waals surface area (Å²) in [6.07, 6.45) is 1.84. The molecule has 2 bridgehead atoms. The highest BCUT2D eigenvalue weighted by Gasteiger charge is 2.26. The second-order valence-electron chi connectivity index (χ2n) is 12.2. The Bertz CT molecular complexity index is 2040. The van der Waals surface area contributed by atoms with Gasteiger partial charge in [-0.3, -0.25) is 9.46 Å². The molecule has 234 valence electrons. The van der Waals surface area contributed by atoms with Gasteiger partial charge < -0.3 is 23.5 Å². The molecule has 45 heavy (non-hydrogen) atoms. The van der Waals surface area contributed by atoms with Crippen LogP contribution in [-0.2, 0) is 43.7 Å². The van der Waals surface area contributed by atoms with Crippen molar-refractivity contribution in [1.29, 1.82) is 0 Å². The van der Waals surface area contributed by atoms with Gasteiger partial charge in [0.1, 0.15) is 17.5 Å². The van der Waals surface area contributed by atoms with Gasteiger partial charge in [-0.25, -0.2) is 15.0 Å². The maximum Gasteiger partial charge on any atom is 0.325 e. The number of hydrogen-bond donors (Lipinski definition) is 2. The molecule has 7 rings (SSSR count). The molecule has 10 nitrogen and oxygen atoms in total. The number of rotatable bonds is 10. The maximum atomic E-state index is 12.3. The lowest BCUT2D eigenvalue weighted by molar-refractivity contribution is 0.228. The maximum absolute atomic E-state index is 12.3. The van der Waals surface area contributed by atoms with Crippen molar-refractivity contribution in [2.24, 2.45) is 5.92 Å². The SMILES string of the molecule is CCn1c(CC(CCCN2Cc3nc4ccccc4n3Cc3cccc4c3nc(n4CC)C2)CP(=O)(O)O)nc2ccccc21. The topological polar surface area (TPSA) is 114 Å². The Kier molecular flexibility index (Phi) is 8.08. The first-order valence-electron chi connectivity index (χ1n) is 15.9. The van der Waals surface area contributed by atoms with Crippen LogP contribution < -0.4 is 0 Å². The van der Waals surface area contributed by atoms with Crippen molar-refractivity contribution >= 4 is 40.7 Å². The van der Waals surface area contributed by atoms with Crippen LogP contribution in [0.2, 0.25) is 0 Å². The van der Waals surface area contributed by atoms with Gasteiger partial charge >= 0.3 is 7.60 Å². The first kappa shape index (κ1) is 29.9. The zero-order valence-corrected chi connectivity index (χ0v) is 26.8. The predicted octanol–water partition coefficient (Wildman–Crippen LogP) is 5.96. The molecule has 1 aliphatic heterocycles.